The molecule has 110 valence electrons. The van der Waals surface area contributed by atoms with E-state index in [-0.39, 0.29) is 5.91 Å². The Morgan fingerprint density at radius 1 is 1.25 bits per heavy atom. The highest BCUT2D eigenvalue weighted by Crippen LogP contribution is 2.14. The van der Waals surface area contributed by atoms with E-state index in [2.05, 4.69) is 53.6 Å². The highest BCUT2D eigenvalue weighted by Gasteiger charge is 2.12. The lowest BCUT2D eigenvalue weighted by Crippen LogP contribution is -2.47. The number of carbonyl (C=O) groups excluding carboxylic acids is 1. The highest BCUT2D eigenvalue weighted by atomic mass is 16.2. The number of benzene rings is 1. The van der Waals surface area contributed by atoms with Gasteiger partial charge in [-0.15, -0.1) is 0 Å². The molecule has 2 N–H and O–H groups in total. The summed E-state index contributed by atoms with van der Waals surface area (Å²) in [7, 11) is 0. The Morgan fingerprint density at radius 2 is 1.90 bits per heavy atom. The first-order valence-electron chi connectivity index (χ1n) is 7.44. The second-order valence-corrected chi connectivity index (χ2v) is 5.70. The van der Waals surface area contributed by atoms with Crippen molar-refractivity contribution in [2.24, 2.45) is 0 Å². The van der Waals surface area contributed by atoms with Gasteiger partial charge < -0.3 is 10.6 Å². The lowest BCUT2D eigenvalue weighted by molar-refractivity contribution is -0.122. The van der Waals surface area contributed by atoms with Crippen LogP contribution in [0.25, 0.3) is 0 Å². The summed E-state index contributed by atoms with van der Waals surface area (Å²) in [4.78, 5) is 14.1. The van der Waals surface area contributed by atoms with E-state index in [9.17, 15) is 4.79 Å². The van der Waals surface area contributed by atoms with E-state index in [0.717, 1.165) is 31.7 Å². The van der Waals surface area contributed by atoms with Crippen molar-refractivity contribution in [3.8, 4) is 0 Å². The van der Waals surface area contributed by atoms with Gasteiger partial charge in [0.2, 0.25) is 5.91 Å². The van der Waals surface area contributed by atoms with Gasteiger partial charge >= 0.3 is 0 Å². The Bertz CT molecular complexity index is 422. The van der Waals surface area contributed by atoms with E-state index in [1.807, 2.05) is 0 Å². The molecule has 1 amide bonds. The fraction of sp³-hybridized carbons (Fsp3) is 0.562. The molecule has 2 rings (SSSR count). The van der Waals surface area contributed by atoms with Crippen molar-refractivity contribution in [1.29, 1.82) is 0 Å². The minimum Gasteiger partial charge on any atom is -0.351 e. The molecule has 1 aromatic rings. The number of carbonyl (C=O) groups is 1. The lowest BCUT2D eigenvalue weighted by atomic mass is 10.0. The minimum atomic E-state index is 0.111. The Kier molecular flexibility index (Phi) is 5.56. The van der Waals surface area contributed by atoms with E-state index in [4.69, 9.17) is 0 Å². The van der Waals surface area contributed by atoms with Gasteiger partial charge in [-0.05, 0) is 17.0 Å². The zero-order valence-corrected chi connectivity index (χ0v) is 12.5. The van der Waals surface area contributed by atoms with Crippen molar-refractivity contribution >= 4 is 5.91 Å². The summed E-state index contributed by atoms with van der Waals surface area (Å²) in [6.45, 7) is 9.35. The molecule has 0 bridgehead atoms. The van der Waals surface area contributed by atoms with Crippen molar-refractivity contribution in [2.45, 2.75) is 26.3 Å². The predicted octanol–water partition coefficient (Wildman–Crippen LogP) is 1.33. The molecule has 1 aliphatic heterocycles. The normalized spacial score (nSPS) is 16.4. The van der Waals surface area contributed by atoms with Gasteiger partial charge in [0.05, 0.1) is 6.54 Å². The van der Waals surface area contributed by atoms with Crippen LogP contribution >= 0.6 is 0 Å². The van der Waals surface area contributed by atoms with E-state index in [1.54, 1.807) is 0 Å². The molecular weight excluding hydrogens is 250 g/mol. The third-order valence-electron chi connectivity index (χ3n) is 3.71. The summed E-state index contributed by atoms with van der Waals surface area (Å²) in [5.74, 6) is 0.659. The van der Waals surface area contributed by atoms with Gasteiger partial charge in [-0.3, -0.25) is 9.69 Å². The van der Waals surface area contributed by atoms with Crippen LogP contribution in [0.3, 0.4) is 0 Å². The fourth-order valence-electron chi connectivity index (χ4n) is 2.35. The van der Waals surface area contributed by atoms with Gasteiger partial charge in [-0.2, -0.15) is 0 Å². The van der Waals surface area contributed by atoms with Crippen molar-refractivity contribution < 1.29 is 4.79 Å². The molecule has 4 heteroatoms. The molecule has 0 radical (unpaired) electrons. The van der Waals surface area contributed by atoms with Crippen LogP contribution in [0.2, 0.25) is 0 Å². The Hall–Kier alpha value is -1.39. The summed E-state index contributed by atoms with van der Waals surface area (Å²) < 4.78 is 0. The summed E-state index contributed by atoms with van der Waals surface area (Å²) >= 11 is 0. The Balaban J connectivity index is 1.74. The van der Waals surface area contributed by atoms with Crippen molar-refractivity contribution in [1.82, 2.24) is 15.5 Å². The van der Waals surface area contributed by atoms with Gasteiger partial charge in [0, 0.05) is 32.7 Å². The molecule has 1 saturated heterocycles. The predicted molar refractivity (Wildman–Crippen MR) is 81.7 cm³/mol. The SMILES string of the molecule is CC(C)c1ccc(CNC(=O)CN2CCNCC2)cc1. The van der Waals surface area contributed by atoms with E-state index < -0.39 is 0 Å². The molecule has 0 spiro atoms. The second kappa shape index (κ2) is 7.41. The zero-order chi connectivity index (χ0) is 14.4. The number of rotatable bonds is 5. The summed E-state index contributed by atoms with van der Waals surface area (Å²) in [5.41, 5.74) is 2.49. The van der Waals surface area contributed by atoms with Crippen molar-refractivity contribution in [2.75, 3.05) is 32.7 Å². The molecule has 0 unspecified atom stereocenters. The smallest absolute Gasteiger partial charge is 0.234 e. The monoisotopic (exact) mass is 275 g/mol. The van der Waals surface area contributed by atoms with Crippen LogP contribution in [0.5, 0.6) is 0 Å². The van der Waals surface area contributed by atoms with Crippen LogP contribution in [-0.2, 0) is 11.3 Å². The van der Waals surface area contributed by atoms with Gasteiger partial charge in [-0.25, -0.2) is 0 Å². The van der Waals surface area contributed by atoms with E-state index in [0.29, 0.717) is 19.0 Å². The molecule has 0 aromatic heterocycles. The maximum Gasteiger partial charge on any atom is 0.234 e. The standard InChI is InChI=1S/C16H25N3O/c1-13(2)15-5-3-14(4-6-15)11-18-16(20)12-19-9-7-17-8-10-19/h3-6,13,17H,7-12H2,1-2H3,(H,18,20). The van der Waals surface area contributed by atoms with Crippen molar-refractivity contribution in [3.63, 3.8) is 0 Å². The quantitative estimate of drug-likeness (QED) is 0.852. The van der Waals surface area contributed by atoms with Crippen LogP contribution in [0.4, 0.5) is 0 Å². The Labute approximate surface area is 121 Å². The summed E-state index contributed by atoms with van der Waals surface area (Å²) in [6, 6.07) is 8.48. The van der Waals surface area contributed by atoms with Crippen LogP contribution in [0.1, 0.15) is 30.9 Å². The molecule has 1 heterocycles. The van der Waals surface area contributed by atoms with Gasteiger partial charge in [0.25, 0.3) is 0 Å². The molecule has 20 heavy (non-hydrogen) atoms. The molecule has 0 saturated carbocycles. The molecule has 1 aliphatic rings. The number of piperazine rings is 1. The number of nitrogens with zero attached hydrogens (tertiary/aromatic N) is 1. The van der Waals surface area contributed by atoms with Crippen molar-refractivity contribution in [3.05, 3.63) is 35.4 Å². The average Bonchev–Trinajstić information content (AvgIpc) is 2.46. The maximum atomic E-state index is 11.9. The lowest BCUT2D eigenvalue weighted by Gasteiger charge is -2.26. The molecule has 0 aliphatic carbocycles. The molecule has 1 aromatic carbocycles. The fourth-order valence-corrected chi connectivity index (χ4v) is 2.35. The van der Waals surface area contributed by atoms with Gasteiger partial charge in [0.1, 0.15) is 0 Å². The number of nitrogens with one attached hydrogen (secondary N) is 2. The Morgan fingerprint density at radius 3 is 2.50 bits per heavy atom. The van der Waals surface area contributed by atoms with Crippen LogP contribution in [0.15, 0.2) is 24.3 Å². The molecule has 4 nitrogen and oxygen atoms in total. The van der Waals surface area contributed by atoms with Crippen LogP contribution < -0.4 is 10.6 Å². The topological polar surface area (TPSA) is 44.4 Å². The molecule has 0 atom stereocenters. The summed E-state index contributed by atoms with van der Waals surface area (Å²) in [5, 5.41) is 6.28. The van der Waals surface area contributed by atoms with E-state index >= 15 is 0 Å². The molecule has 1 fully saturated rings. The third kappa shape index (κ3) is 4.62. The first-order valence-corrected chi connectivity index (χ1v) is 7.44. The zero-order valence-electron chi connectivity index (χ0n) is 12.5. The number of amides is 1. The highest BCUT2D eigenvalue weighted by molar-refractivity contribution is 5.78. The average molecular weight is 275 g/mol. The summed E-state index contributed by atoms with van der Waals surface area (Å²) in [6.07, 6.45) is 0. The molecular formula is C16H25N3O. The van der Waals surface area contributed by atoms with Crippen LogP contribution in [0, 0.1) is 0 Å². The minimum absolute atomic E-state index is 0.111. The second-order valence-electron chi connectivity index (χ2n) is 5.70. The third-order valence-corrected chi connectivity index (χ3v) is 3.71. The first kappa shape index (κ1) is 15.0. The maximum absolute atomic E-state index is 11.9. The van der Waals surface area contributed by atoms with Gasteiger partial charge in [-0.1, -0.05) is 38.1 Å². The first-order chi connectivity index (χ1) is 9.65. The van der Waals surface area contributed by atoms with E-state index in [1.165, 1.54) is 5.56 Å². The number of hydrogen-bond donors (Lipinski definition) is 2. The van der Waals surface area contributed by atoms with Crippen LogP contribution in [-0.4, -0.2) is 43.5 Å². The van der Waals surface area contributed by atoms with Gasteiger partial charge in [0.15, 0.2) is 0 Å². The largest absolute Gasteiger partial charge is 0.351 e. The number of hydrogen-bond acceptors (Lipinski definition) is 3.